The Hall–Kier alpha value is -6.50. The van der Waals surface area contributed by atoms with Crippen molar-refractivity contribution in [1.82, 2.24) is 0 Å². The molecule has 0 aliphatic carbocycles. The smallest absolute Gasteiger partial charge is 0.00201 e. The van der Waals surface area contributed by atoms with Gasteiger partial charge in [0.05, 0.1) is 0 Å². The molecule has 0 radical (unpaired) electrons. The van der Waals surface area contributed by atoms with Gasteiger partial charge in [0, 0.05) is 0 Å². The van der Waals surface area contributed by atoms with Crippen LogP contribution in [0.1, 0.15) is 0 Å². The number of fused-ring (bicyclic) bond motifs is 6. The zero-order valence-corrected chi connectivity index (χ0v) is 27.5. The average molecular weight is 633 g/mol. The van der Waals surface area contributed by atoms with Crippen molar-refractivity contribution in [3.8, 4) is 44.5 Å². The number of hydrogen-bond acceptors (Lipinski definition) is 0. The van der Waals surface area contributed by atoms with Crippen LogP contribution in [0.25, 0.3) is 98.4 Å². The molecule has 0 atom stereocenters. The second-order valence-corrected chi connectivity index (χ2v) is 13.2. The van der Waals surface area contributed by atoms with E-state index in [2.05, 4.69) is 194 Å². The molecule has 0 heterocycles. The van der Waals surface area contributed by atoms with Crippen LogP contribution >= 0.6 is 0 Å². The van der Waals surface area contributed by atoms with E-state index in [0.29, 0.717) is 0 Å². The Bertz CT molecular complexity index is 2840. The van der Waals surface area contributed by atoms with E-state index >= 15 is 0 Å². The maximum Gasteiger partial charge on any atom is -0.00201 e. The largest absolute Gasteiger partial charge is 0.0622 e. The number of hydrogen-bond donors (Lipinski definition) is 0. The highest BCUT2D eigenvalue weighted by atomic mass is 14.2. The van der Waals surface area contributed by atoms with Gasteiger partial charge in [-0.15, -0.1) is 0 Å². The lowest BCUT2D eigenvalue weighted by Crippen LogP contribution is -1.93. The van der Waals surface area contributed by atoms with E-state index in [4.69, 9.17) is 0 Å². The van der Waals surface area contributed by atoms with Crippen molar-refractivity contribution in [3.63, 3.8) is 0 Å². The third-order valence-corrected chi connectivity index (χ3v) is 10.5. The number of benzene rings is 10. The van der Waals surface area contributed by atoms with Crippen molar-refractivity contribution in [3.05, 3.63) is 194 Å². The Balaban J connectivity index is 1.22. The van der Waals surface area contributed by atoms with E-state index in [1.165, 1.54) is 98.4 Å². The van der Waals surface area contributed by atoms with Crippen LogP contribution < -0.4 is 0 Å². The van der Waals surface area contributed by atoms with Gasteiger partial charge in [-0.05, 0) is 98.4 Å². The first-order valence-electron chi connectivity index (χ1n) is 17.4. The second kappa shape index (κ2) is 11.6. The standard InChI is InChI=1S/C50H32/c1-2-13-33(14-3-1)34-25-27-36(28-26-34)38-31-32-48(41-18-7-6-17-39(38)41)50-46-21-10-8-19-44(46)49(45-20-9-11-22-47(45)50)43-24-12-23-40-37-16-5-4-15-35(37)29-30-42(40)43/h1-32H. The fourth-order valence-electron chi connectivity index (χ4n) is 8.21. The summed E-state index contributed by atoms with van der Waals surface area (Å²) < 4.78 is 0. The molecule has 0 nitrogen and oxygen atoms in total. The Kier molecular flexibility index (Phi) is 6.60. The third-order valence-electron chi connectivity index (χ3n) is 10.5. The zero-order valence-electron chi connectivity index (χ0n) is 27.5. The summed E-state index contributed by atoms with van der Waals surface area (Å²) in [4.78, 5) is 0. The summed E-state index contributed by atoms with van der Waals surface area (Å²) in [6, 6.07) is 71.2. The highest BCUT2D eigenvalue weighted by Gasteiger charge is 2.20. The molecule has 0 aliphatic heterocycles. The Morgan fingerprint density at radius 2 is 0.600 bits per heavy atom. The summed E-state index contributed by atoms with van der Waals surface area (Å²) in [5.74, 6) is 0. The predicted molar refractivity (Wildman–Crippen MR) is 216 cm³/mol. The van der Waals surface area contributed by atoms with Crippen LogP contribution in [0.5, 0.6) is 0 Å². The molecule has 10 aromatic carbocycles. The van der Waals surface area contributed by atoms with Gasteiger partial charge in [0.1, 0.15) is 0 Å². The molecule has 0 saturated heterocycles. The summed E-state index contributed by atoms with van der Waals surface area (Å²) in [7, 11) is 0. The van der Waals surface area contributed by atoms with Gasteiger partial charge < -0.3 is 0 Å². The van der Waals surface area contributed by atoms with E-state index in [9.17, 15) is 0 Å². The molecule has 0 saturated carbocycles. The van der Waals surface area contributed by atoms with Gasteiger partial charge >= 0.3 is 0 Å². The zero-order chi connectivity index (χ0) is 33.0. The Morgan fingerprint density at radius 1 is 0.180 bits per heavy atom. The minimum atomic E-state index is 1.22. The van der Waals surface area contributed by atoms with Gasteiger partial charge in [0.2, 0.25) is 0 Å². The van der Waals surface area contributed by atoms with Crippen LogP contribution in [0.15, 0.2) is 194 Å². The summed E-state index contributed by atoms with van der Waals surface area (Å²) in [5.41, 5.74) is 10.0. The van der Waals surface area contributed by atoms with E-state index < -0.39 is 0 Å². The molecule has 0 aliphatic rings. The van der Waals surface area contributed by atoms with Crippen LogP contribution in [0, 0.1) is 0 Å². The molecule has 232 valence electrons. The minimum absolute atomic E-state index is 1.22. The van der Waals surface area contributed by atoms with Crippen molar-refractivity contribution in [2.45, 2.75) is 0 Å². The van der Waals surface area contributed by atoms with Crippen molar-refractivity contribution in [2.24, 2.45) is 0 Å². The monoisotopic (exact) mass is 632 g/mol. The summed E-state index contributed by atoms with van der Waals surface area (Å²) in [5, 5.41) is 12.7. The molecular formula is C50H32. The van der Waals surface area contributed by atoms with Crippen molar-refractivity contribution in [1.29, 1.82) is 0 Å². The molecule has 0 fully saturated rings. The van der Waals surface area contributed by atoms with Crippen LogP contribution in [0.2, 0.25) is 0 Å². The molecule has 10 rings (SSSR count). The van der Waals surface area contributed by atoms with Crippen LogP contribution in [0.4, 0.5) is 0 Å². The molecular weight excluding hydrogens is 601 g/mol. The lowest BCUT2D eigenvalue weighted by Gasteiger charge is -2.20. The molecule has 10 aromatic rings. The van der Waals surface area contributed by atoms with Crippen molar-refractivity contribution in [2.75, 3.05) is 0 Å². The SMILES string of the molecule is c1ccc(-c2ccc(-c3ccc(-c4c5ccccc5c(-c5cccc6c5ccc5ccccc56)c5ccccc45)c4ccccc34)cc2)cc1. The lowest BCUT2D eigenvalue weighted by atomic mass is 9.82. The fraction of sp³-hybridized carbons (Fsp3) is 0. The maximum atomic E-state index is 2.35. The highest BCUT2D eigenvalue weighted by molar-refractivity contribution is 6.26. The highest BCUT2D eigenvalue weighted by Crippen LogP contribution is 2.48. The lowest BCUT2D eigenvalue weighted by molar-refractivity contribution is 1.60. The van der Waals surface area contributed by atoms with Gasteiger partial charge in [0.15, 0.2) is 0 Å². The molecule has 0 aromatic heterocycles. The normalized spacial score (nSPS) is 11.6. The van der Waals surface area contributed by atoms with Gasteiger partial charge in [-0.2, -0.15) is 0 Å². The summed E-state index contributed by atoms with van der Waals surface area (Å²) in [6.07, 6.45) is 0. The van der Waals surface area contributed by atoms with Gasteiger partial charge in [-0.3, -0.25) is 0 Å². The first-order valence-corrected chi connectivity index (χ1v) is 17.4. The van der Waals surface area contributed by atoms with E-state index in [0.717, 1.165) is 0 Å². The average Bonchev–Trinajstić information content (AvgIpc) is 3.20. The van der Waals surface area contributed by atoms with Crippen LogP contribution in [0.3, 0.4) is 0 Å². The van der Waals surface area contributed by atoms with E-state index in [1.54, 1.807) is 0 Å². The first-order chi connectivity index (χ1) is 24.8. The molecule has 0 unspecified atom stereocenters. The quantitative estimate of drug-likeness (QED) is 0.134. The first kappa shape index (κ1) is 28.5. The molecule has 0 bridgehead atoms. The fourth-order valence-corrected chi connectivity index (χ4v) is 8.21. The Labute approximate surface area is 291 Å². The van der Waals surface area contributed by atoms with Gasteiger partial charge in [-0.25, -0.2) is 0 Å². The van der Waals surface area contributed by atoms with Crippen LogP contribution in [-0.4, -0.2) is 0 Å². The van der Waals surface area contributed by atoms with E-state index in [1.807, 2.05) is 0 Å². The molecule has 0 amide bonds. The topological polar surface area (TPSA) is 0 Å². The Morgan fingerprint density at radius 3 is 1.24 bits per heavy atom. The minimum Gasteiger partial charge on any atom is -0.0622 e. The predicted octanol–water partition coefficient (Wildman–Crippen LogP) is 14.1. The van der Waals surface area contributed by atoms with Gasteiger partial charge in [0.25, 0.3) is 0 Å². The molecule has 0 heteroatoms. The number of rotatable bonds is 4. The molecule has 0 spiro atoms. The van der Waals surface area contributed by atoms with Crippen molar-refractivity contribution < 1.29 is 0 Å². The summed E-state index contributed by atoms with van der Waals surface area (Å²) in [6.45, 7) is 0. The van der Waals surface area contributed by atoms with E-state index in [-0.39, 0.29) is 0 Å². The summed E-state index contributed by atoms with van der Waals surface area (Å²) >= 11 is 0. The van der Waals surface area contributed by atoms with Crippen LogP contribution in [-0.2, 0) is 0 Å². The second-order valence-electron chi connectivity index (χ2n) is 13.2. The molecule has 0 N–H and O–H groups in total. The molecule has 50 heavy (non-hydrogen) atoms. The van der Waals surface area contributed by atoms with Gasteiger partial charge in [-0.1, -0.05) is 194 Å². The third kappa shape index (κ3) is 4.46. The maximum absolute atomic E-state index is 2.35. The van der Waals surface area contributed by atoms with Crippen molar-refractivity contribution >= 4 is 53.9 Å².